The van der Waals surface area contributed by atoms with Crippen LogP contribution in [-0.4, -0.2) is 5.78 Å². The zero-order chi connectivity index (χ0) is 11.7. The van der Waals surface area contributed by atoms with Gasteiger partial charge in [0, 0.05) is 5.56 Å². The molecule has 0 unspecified atom stereocenters. The molecule has 0 saturated carbocycles. The fourth-order valence-corrected chi connectivity index (χ4v) is 2.14. The second-order valence-corrected chi connectivity index (χ2v) is 4.46. The monoisotopic (exact) mass is 212 g/mol. The topological polar surface area (TPSA) is 17.1 Å². The van der Waals surface area contributed by atoms with Gasteiger partial charge < -0.3 is 0 Å². The Morgan fingerprint density at radius 3 is 2.25 bits per heavy atom. The Hall–Kier alpha value is -1.63. The molecule has 16 heavy (non-hydrogen) atoms. The molecule has 0 radical (unpaired) electrons. The predicted octanol–water partition coefficient (Wildman–Crippen LogP) is 4.17. The van der Waals surface area contributed by atoms with Gasteiger partial charge in [-0.05, 0) is 29.2 Å². The van der Waals surface area contributed by atoms with E-state index in [2.05, 4.69) is 38.1 Å². The minimum Gasteiger partial charge on any atom is -0.294 e. The smallest absolute Gasteiger partial charge is 0.160 e. The van der Waals surface area contributed by atoms with E-state index in [1.54, 1.807) is 6.92 Å². The number of Topliss-reactive ketones (excluding diaryl/α,β-unsaturated/α-hetero) is 1. The molecule has 0 amide bonds. The van der Waals surface area contributed by atoms with Gasteiger partial charge in [-0.15, -0.1) is 0 Å². The van der Waals surface area contributed by atoms with E-state index >= 15 is 0 Å². The molecule has 0 bridgehead atoms. The molecule has 2 aromatic carbocycles. The Kier molecular flexibility index (Phi) is 2.78. The summed E-state index contributed by atoms with van der Waals surface area (Å²) in [4.78, 5) is 11.6. The Morgan fingerprint density at radius 1 is 1.06 bits per heavy atom. The lowest BCUT2D eigenvalue weighted by molar-refractivity contribution is 0.101. The summed E-state index contributed by atoms with van der Waals surface area (Å²) < 4.78 is 0. The zero-order valence-corrected chi connectivity index (χ0v) is 9.95. The van der Waals surface area contributed by atoms with Crippen LogP contribution >= 0.6 is 0 Å². The van der Waals surface area contributed by atoms with Crippen LogP contribution < -0.4 is 0 Å². The second-order valence-electron chi connectivity index (χ2n) is 4.46. The second kappa shape index (κ2) is 4.09. The minimum absolute atomic E-state index is 0.138. The maximum absolute atomic E-state index is 11.6. The van der Waals surface area contributed by atoms with Gasteiger partial charge in [0.15, 0.2) is 5.78 Å². The van der Waals surface area contributed by atoms with Gasteiger partial charge in [-0.1, -0.05) is 50.2 Å². The van der Waals surface area contributed by atoms with Crippen molar-refractivity contribution >= 4 is 16.6 Å². The number of carbonyl (C=O) groups excluding carboxylic acids is 1. The molecule has 0 fully saturated rings. The van der Waals surface area contributed by atoms with Gasteiger partial charge >= 0.3 is 0 Å². The largest absolute Gasteiger partial charge is 0.294 e. The van der Waals surface area contributed by atoms with Gasteiger partial charge in [0.2, 0.25) is 0 Å². The average Bonchev–Trinajstić information content (AvgIpc) is 2.27. The highest BCUT2D eigenvalue weighted by Crippen LogP contribution is 2.28. The van der Waals surface area contributed by atoms with E-state index in [-0.39, 0.29) is 5.78 Å². The third kappa shape index (κ3) is 1.73. The number of ketones is 1. The first-order valence-corrected chi connectivity index (χ1v) is 5.64. The maximum atomic E-state index is 11.6. The molecule has 0 heterocycles. The first kappa shape index (κ1) is 10.9. The third-order valence-corrected chi connectivity index (χ3v) is 2.94. The number of fused-ring (bicyclic) bond motifs is 1. The fraction of sp³-hybridized carbons (Fsp3) is 0.267. The summed E-state index contributed by atoms with van der Waals surface area (Å²) in [5.41, 5.74) is 2.09. The predicted molar refractivity (Wildman–Crippen MR) is 68.0 cm³/mol. The lowest BCUT2D eigenvalue weighted by Crippen LogP contribution is -1.98. The lowest BCUT2D eigenvalue weighted by Gasteiger charge is -2.12. The molecule has 0 atom stereocenters. The van der Waals surface area contributed by atoms with Crippen LogP contribution in [-0.2, 0) is 0 Å². The van der Waals surface area contributed by atoms with Gasteiger partial charge in [0.1, 0.15) is 0 Å². The summed E-state index contributed by atoms with van der Waals surface area (Å²) in [6, 6.07) is 12.2. The normalized spacial score (nSPS) is 11.0. The van der Waals surface area contributed by atoms with Crippen LogP contribution in [0.15, 0.2) is 36.4 Å². The summed E-state index contributed by atoms with van der Waals surface area (Å²) in [5, 5.41) is 2.27. The van der Waals surface area contributed by atoms with Crippen LogP contribution in [0.1, 0.15) is 42.6 Å². The van der Waals surface area contributed by atoms with E-state index < -0.39 is 0 Å². The summed E-state index contributed by atoms with van der Waals surface area (Å²) in [7, 11) is 0. The van der Waals surface area contributed by atoms with Crippen molar-refractivity contribution in [2.75, 3.05) is 0 Å². The highest BCUT2D eigenvalue weighted by Gasteiger charge is 2.11. The maximum Gasteiger partial charge on any atom is 0.160 e. The van der Waals surface area contributed by atoms with Gasteiger partial charge in [-0.2, -0.15) is 0 Å². The van der Waals surface area contributed by atoms with Gasteiger partial charge in [0.05, 0.1) is 0 Å². The van der Waals surface area contributed by atoms with Crippen molar-refractivity contribution in [3.63, 3.8) is 0 Å². The molecule has 0 spiro atoms. The molecule has 0 N–H and O–H groups in total. The number of carbonyl (C=O) groups is 1. The number of benzene rings is 2. The van der Waals surface area contributed by atoms with E-state index in [9.17, 15) is 4.79 Å². The first-order valence-electron chi connectivity index (χ1n) is 5.64. The average molecular weight is 212 g/mol. The molecule has 2 aromatic rings. The lowest BCUT2D eigenvalue weighted by atomic mass is 9.92. The van der Waals surface area contributed by atoms with E-state index in [0.29, 0.717) is 5.92 Å². The number of hydrogen-bond acceptors (Lipinski definition) is 1. The van der Waals surface area contributed by atoms with Crippen molar-refractivity contribution in [1.29, 1.82) is 0 Å². The molecule has 0 saturated heterocycles. The van der Waals surface area contributed by atoms with Gasteiger partial charge in [-0.3, -0.25) is 4.79 Å². The van der Waals surface area contributed by atoms with E-state index in [1.165, 1.54) is 5.56 Å². The molecule has 0 aliphatic rings. The quantitative estimate of drug-likeness (QED) is 0.683. The Morgan fingerprint density at radius 2 is 1.69 bits per heavy atom. The van der Waals surface area contributed by atoms with Crippen molar-refractivity contribution in [3.8, 4) is 0 Å². The fourth-order valence-electron chi connectivity index (χ4n) is 2.14. The summed E-state index contributed by atoms with van der Waals surface area (Å²) in [5.74, 6) is 0.572. The molecule has 2 rings (SSSR count). The van der Waals surface area contributed by atoms with Crippen molar-refractivity contribution in [3.05, 3.63) is 47.5 Å². The highest BCUT2D eigenvalue weighted by atomic mass is 16.1. The third-order valence-electron chi connectivity index (χ3n) is 2.94. The molecule has 0 aromatic heterocycles. The molecular formula is C15H16O. The molecule has 82 valence electrons. The van der Waals surface area contributed by atoms with Crippen LogP contribution in [0.4, 0.5) is 0 Å². The Labute approximate surface area is 96.1 Å². The molecule has 0 aliphatic heterocycles. The van der Waals surface area contributed by atoms with Gasteiger partial charge in [-0.25, -0.2) is 0 Å². The van der Waals surface area contributed by atoms with Crippen molar-refractivity contribution in [2.24, 2.45) is 0 Å². The first-order chi connectivity index (χ1) is 7.61. The minimum atomic E-state index is 0.138. The SMILES string of the molecule is CC(=O)c1cccc2cccc(C(C)C)c12. The van der Waals surface area contributed by atoms with Crippen LogP contribution in [0.5, 0.6) is 0 Å². The number of rotatable bonds is 2. The number of hydrogen-bond donors (Lipinski definition) is 0. The molecule has 0 aliphatic carbocycles. The summed E-state index contributed by atoms with van der Waals surface area (Å²) in [6.45, 7) is 5.95. The van der Waals surface area contributed by atoms with Crippen molar-refractivity contribution < 1.29 is 4.79 Å². The standard InChI is InChI=1S/C15H16O/c1-10(2)13-8-4-6-12-7-5-9-14(11(3)16)15(12)13/h4-10H,1-3H3. The van der Waals surface area contributed by atoms with E-state index in [0.717, 1.165) is 16.3 Å². The van der Waals surface area contributed by atoms with E-state index in [4.69, 9.17) is 0 Å². The van der Waals surface area contributed by atoms with Crippen LogP contribution in [0.25, 0.3) is 10.8 Å². The van der Waals surface area contributed by atoms with Crippen LogP contribution in [0.2, 0.25) is 0 Å². The Balaban J connectivity index is 2.87. The van der Waals surface area contributed by atoms with Crippen LogP contribution in [0.3, 0.4) is 0 Å². The summed E-state index contributed by atoms with van der Waals surface area (Å²) >= 11 is 0. The van der Waals surface area contributed by atoms with Crippen LogP contribution in [0, 0.1) is 0 Å². The zero-order valence-electron chi connectivity index (χ0n) is 9.95. The molecule has 1 nitrogen and oxygen atoms in total. The molecular weight excluding hydrogens is 196 g/mol. The van der Waals surface area contributed by atoms with Crippen molar-refractivity contribution in [1.82, 2.24) is 0 Å². The highest BCUT2D eigenvalue weighted by molar-refractivity contribution is 6.08. The molecule has 1 heteroatoms. The summed E-state index contributed by atoms with van der Waals surface area (Å²) in [6.07, 6.45) is 0. The van der Waals surface area contributed by atoms with E-state index in [1.807, 2.05) is 12.1 Å². The Bertz CT molecular complexity index is 533. The van der Waals surface area contributed by atoms with Gasteiger partial charge in [0.25, 0.3) is 0 Å². The van der Waals surface area contributed by atoms with Crippen molar-refractivity contribution in [2.45, 2.75) is 26.7 Å².